The summed E-state index contributed by atoms with van der Waals surface area (Å²) in [5, 5.41) is 0. The van der Waals surface area contributed by atoms with Crippen molar-refractivity contribution in [2.24, 2.45) is 0 Å². The number of pyridine rings is 1. The molecule has 1 aliphatic rings. The van der Waals surface area contributed by atoms with Crippen LogP contribution in [-0.2, 0) is 11.3 Å². The Hall–Kier alpha value is -1.81. The van der Waals surface area contributed by atoms with E-state index in [-0.39, 0.29) is 0 Å². The van der Waals surface area contributed by atoms with Crippen LogP contribution in [0.4, 0.5) is 0 Å². The van der Waals surface area contributed by atoms with Crippen molar-refractivity contribution in [2.45, 2.75) is 6.61 Å². The Balaban J connectivity index is 1.86. The molecule has 2 heterocycles. The minimum absolute atomic E-state index is 0.612. The molecule has 16 heavy (non-hydrogen) atoms. The number of aromatic nitrogens is 1. The molecular weight excluding hydrogens is 201 g/mol. The SMILES string of the molecule is B1OCc2cc(Oc3ccccn3)ccc21. The lowest BCUT2D eigenvalue weighted by molar-refractivity contribution is 0.344. The predicted octanol–water partition coefficient (Wildman–Crippen LogP) is 1.38. The largest absolute Gasteiger partial charge is 0.439 e. The van der Waals surface area contributed by atoms with Gasteiger partial charge in [-0.25, -0.2) is 4.98 Å². The monoisotopic (exact) mass is 211 g/mol. The van der Waals surface area contributed by atoms with Crippen molar-refractivity contribution in [1.82, 2.24) is 4.98 Å². The van der Waals surface area contributed by atoms with Gasteiger partial charge in [-0.2, -0.15) is 0 Å². The van der Waals surface area contributed by atoms with Crippen LogP contribution in [0.25, 0.3) is 0 Å². The molecule has 1 aliphatic heterocycles. The minimum atomic E-state index is 0.612. The van der Waals surface area contributed by atoms with Crippen LogP contribution in [0.5, 0.6) is 11.6 Å². The van der Waals surface area contributed by atoms with Crippen molar-refractivity contribution in [3.8, 4) is 11.6 Å². The fourth-order valence-electron chi connectivity index (χ4n) is 1.74. The zero-order valence-corrected chi connectivity index (χ0v) is 8.72. The van der Waals surface area contributed by atoms with E-state index in [1.807, 2.05) is 36.4 Å². The van der Waals surface area contributed by atoms with Gasteiger partial charge < -0.3 is 9.39 Å². The molecule has 3 rings (SSSR count). The van der Waals surface area contributed by atoms with Crippen LogP contribution >= 0.6 is 0 Å². The van der Waals surface area contributed by atoms with Crippen molar-refractivity contribution in [3.05, 3.63) is 48.2 Å². The number of rotatable bonds is 2. The molecule has 0 atom stereocenters. The number of hydrogen-bond acceptors (Lipinski definition) is 3. The van der Waals surface area contributed by atoms with E-state index in [1.165, 1.54) is 11.0 Å². The quantitative estimate of drug-likeness (QED) is 0.703. The first kappa shape index (κ1) is 9.42. The van der Waals surface area contributed by atoms with Crippen LogP contribution in [0.15, 0.2) is 42.6 Å². The van der Waals surface area contributed by atoms with Crippen LogP contribution in [0, 0.1) is 0 Å². The lowest BCUT2D eigenvalue weighted by atomic mass is 9.87. The summed E-state index contributed by atoms with van der Waals surface area (Å²) >= 11 is 0. The highest BCUT2D eigenvalue weighted by Gasteiger charge is 2.13. The summed E-state index contributed by atoms with van der Waals surface area (Å²) in [6.07, 6.45) is 1.71. The molecule has 0 spiro atoms. The molecule has 0 bridgehead atoms. The van der Waals surface area contributed by atoms with E-state index < -0.39 is 0 Å². The van der Waals surface area contributed by atoms with E-state index in [0.717, 1.165) is 5.75 Å². The third-order valence-electron chi connectivity index (χ3n) is 2.55. The first-order valence-corrected chi connectivity index (χ1v) is 5.20. The van der Waals surface area contributed by atoms with Gasteiger partial charge in [0.15, 0.2) is 0 Å². The van der Waals surface area contributed by atoms with E-state index in [0.29, 0.717) is 20.0 Å². The van der Waals surface area contributed by atoms with Gasteiger partial charge >= 0.3 is 7.48 Å². The smallest absolute Gasteiger partial charge is 0.309 e. The summed E-state index contributed by atoms with van der Waals surface area (Å²) < 4.78 is 11.0. The summed E-state index contributed by atoms with van der Waals surface area (Å²) in [7, 11) is 0.708. The minimum Gasteiger partial charge on any atom is -0.439 e. The van der Waals surface area contributed by atoms with E-state index in [9.17, 15) is 0 Å². The van der Waals surface area contributed by atoms with E-state index in [1.54, 1.807) is 6.20 Å². The predicted molar refractivity (Wildman–Crippen MR) is 62.3 cm³/mol. The first-order chi connectivity index (χ1) is 7.92. The molecule has 3 nitrogen and oxygen atoms in total. The highest BCUT2D eigenvalue weighted by molar-refractivity contribution is 6.48. The molecule has 2 aromatic rings. The summed E-state index contributed by atoms with van der Waals surface area (Å²) in [5.41, 5.74) is 2.45. The fraction of sp³-hybridized carbons (Fsp3) is 0.0833. The van der Waals surface area contributed by atoms with Gasteiger partial charge in [0.25, 0.3) is 0 Å². The van der Waals surface area contributed by atoms with E-state index in [2.05, 4.69) is 4.98 Å². The lowest BCUT2D eigenvalue weighted by Crippen LogP contribution is -2.10. The molecule has 78 valence electrons. The highest BCUT2D eigenvalue weighted by atomic mass is 16.5. The van der Waals surface area contributed by atoms with E-state index in [4.69, 9.17) is 9.39 Å². The van der Waals surface area contributed by atoms with Crippen molar-refractivity contribution in [2.75, 3.05) is 0 Å². The molecule has 1 aromatic heterocycles. The molecule has 0 aliphatic carbocycles. The maximum atomic E-state index is 5.64. The number of hydrogen-bond donors (Lipinski definition) is 0. The molecule has 1 aromatic carbocycles. The Kier molecular flexibility index (Phi) is 2.35. The van der Waals surface area contributed by atoms with Crippen LogP contribution in [0.2, 0.25) is 0 Å². The fourth-order valence-corrected chi connectivity index (χ4v) is 1.74. The summed E-state index contributed by atoms with van der Waals surface area (Å²) in [5.74, 6) is 1.42. The Bertz CT molecular complexity index is 502. The number of benzene rings is 1. The van der Waals surface area contributed by atoms with Gasteiger partial charge in [-0.05, 0) is 29.2 Å². The third-order valence-corrected chi connectivity index (χ3v) is 2.55. The van der Waals surface area contributed by atoms with Crippen LogP contribution in [0.3, 0.4) is 0 Å². The van der Waals surface area contributed by atoms with Gasteiger partial charge in [0.1, 0.15) is 5.75 Å². The van der Waals surface area contributed by atoms with Crippen LogP contribution < -0.4 is 10.2 Å². The summed E-state index contributed by atoms with van der Waals surface area (Å²) in [4.78, 5) is 4.11. The molecule has 0 saturated heterocycles. The molecular formula is C12H10BNO2. The molecule has 0 N–H and O–H groups in total. The van der Waals surface area contributed by atoms with Crippen molar-refractivity contribution >= 4 is 12.9 Å². The Morgan fingerprint density at radius 3 is 3.12 bits per heavy atom. The number of fused-ring (bicyclic) bond motifs is 1. The third kappa shape index (κ3) is 1.79. The van der Waals surface area contributed by atoms with Gasteiger partial charge in [-0.1, -0.05) is 12.1 Å². The Morgan fingerprint density at radius 2 is 2.25 bits per heavy atom. The second-order valence-corrected chi connectivity index (χ2v) is 3.69. The standard InChI is InChI=1S/C12H10BNO2/c1-2-6-14-12(3-1)16-10-4-5-11-9(7-10)8-15-13-11/h1-7,13H,8H2. The summed E-state index contributed by atoms with van der Waals surface area (Å²) in [6.45, 7) is 0.675. The van der Waals surface area contributed by atoms with Crippen LogP contribution in [0.1, 0.15) is 5.56 Å². The maximum absolute atomic E-state index is 5.64. The van der Waals surface area contributed by atoms with Gasteiger partial charge in [-0.3, -0.25) is 0 Å². The Morgan fingerprint density at radius 1 is 1.25 bits per heavy atom. The second-order valence-electron chi connectivity index (χ2n) is 3.69. The number of nitrogens with zero attached hydrogens (tertiary/aromatic N) is 1. The van der Waals surface area contributed by atoms with Crippen LogP contribution in [-0.4, -0.2) is 12.5 Å². The van der Waals surface area contributed by atoms with Crippen molar-refractivity contribution < 1.29 is 9.39 Å². The molecule has 0 radical (unpaired) electrons. The average molecular weight is 211 g/mol. The number of ether oxygens (including phenoxy) is 1. The van der Waals surface area contributed by atoms with Gasteiger partial charge in [0.2, 0.25) is 5.88 Å². The zero-order chi connectivity index (χ0) is 10.8. The Labute approximate surface area is 94.3 Å². The molecule has 0 amide bonds. The molecule has 0 unspecified atom stereocenters. The van der Waals surface area contributed by atoms with Crippen molar-refractivity contribution in [1.29, 1.82) is 0 Å². The van der Waals surface area contributed by atoms with Gasteiger partial charge in [0, 0.05) is 12.3 Å². The van der Waals surface area contributed by atoms with Gasteiger partial charge in [-0.15, -0.1) is 0 Å². The molecule has 4 heteroatoms. The first-order valence-electron chi connectivity index (χ1n) is 5.20. The van der Waals surface area contributed by atoms with E-state index >= 15 is 0 Å². The second kappa shape index (κ2) is 3.98. The maximum Gasteiger partial charge on any atom is 0.309 e. The highest BCUT2D eigenvalue weighted by Crippen LogP contribution is 2.20. The summed E-state index contributed by atoms with van der Waals surface area (Å²) in [6, 6.07) is 11.6. The molecule has 0 saturated carbocycles. The zero-order valence-electron chi connectivity index (χ0n) is 8.72. The molecule has 0 fully saturated rings. The van der Waals surface area contributed by atoms with Crippen molar-refractivity contribution in [3.63, 3.8) is 0 Å². The van der Waals surface area contributed by atoms with Gasteiger partial charge in [0.05, 0.1) is 6.61 Å². The normalized spacial score (nSPS) is 13.0. The average Bonchev–Trinajstić information content (AvgIpc) is 2.77. The topological polar surface area (TPSA) is 31.4 Å². The lowest BCUT2D eigenvalue weighted by Gasteiger charge is -2.05.